The minimum atomic E-state index is -0.368. The molecule has 1 amide bonds. The van der Waals surface area contributed by atoms with E-state index in [4.69, 9.17) is 4.74 Å². The standard InChI is InChI=1S/C11H18N4O2/c1-7(2)9(10(16)12-3)15-11-13-6-5-8(14-11)17-4/h5-7,9H,1-4H3,(H,12,16)(H,13,14,15). The largest absolute Gasteiger partial charge is 0.481 e. The lowest BCUT2D eigenvalue weighted by Crippen LogP contribution is -2.41. The summed E-state index contributed by atoms with van der Waals surface area (Å²) in [4.78, 5) is 19.8. The van der Waals surface area contributed by atoms with E-state index in [1.165, 1.54) is 7.11 Å². The normalized spacial score (nSPS) is 12.1. The Balaban J connectivity index is 2.82. The summed E-state index contributed by atoms with van der Waals surface area (Å²) in [6.45, 7) is 3.90. The molecule has 0 fully saturated rings. The molecule has 0 aromatic carbocycles. The van der Waals surface area contributed by atoms with Crippen molar-refractivity contribution in [2.24, 2.45) is 5.92 Å². The second kappa shape index (κ2) is 6.03. The van der Waals surface area contributed by atoms with E-state index in [0.29, 0.717) is 11.8 Å². The van der Waals surface area contributed by atoms with Crippen molar-refractivity contribution in [3.63, 3.8) is 0 Å². The zero-order valence-electron chi connectivity index (χ0n) is 10.5. The van der Waals surface area contributed by atoms with Gasteiger partial charge >= 0.3 is 0 Å². The number of methoxy groups -OCH3 is 1. The van der Waals surface area contributed by atoms with Crippen molar-refractivity contribution >= 4 is 11.9 Å². The minimum Gasteiger partial charge on any atom is -0.481 e. The summed E-state index contributed by atoms with van der Waals surface area (Å²) < 4.78 is 4.99. The van der Waals surface area contributed by atoms with E-state index < -0.39 is 0 Å². The molecule has 2 N–H and O–H groups in total. The van der Waals surface area contributed by atoms with Crippen LogP contribution in [-0.2, 0) is 4.79 Å². The van der Waals surface area contributed by atoms with Gasteiger partial charge in [0.05, 0.1) is 7.11 Å². The van der Waals surface area contributed by atoms with Gasteiger partial charge < -0.3 is 15.4 Å². The van der Waals surface area contributed by atoms with Gasteiger partial charge in [-0.15, -0.1) is 0 Å². The Labute approximate surface area is 101 Å². The fourth-order valence-corrected chi connectivity index (χ4v) is 1.35. The second-order valence-electron chi connectivity index (χ2n) is 3.90. The van der Waals surface area contributed by atoms with Gasteiger partial charge in [0, 0.05) is 19.3 Å². The lowest BCUT2D eigenvalue weighted by molar-refractivity contribution is -0.122. The molecule has 0 spiro atoms. The van der Waals surface area contributed by atoms with Crippen LogP contribution in [0.25, 0.3) is 0 Å². The van der Waals surface area contributed by atoms with Gasteiger partial charge in [-0.3, -0.25) is 4.79 Å². The molecule has 0 aliphatic carbocycles. The summed E-state index contributed by atoms with van der Waals surface area (Å²) in [5.41, 5.74) is 0. The van der Waals surface area contributed by atoms with E-state index >= 15 is 0 Å². The SMILES string of the molecule is CNC(=O)C(Nc1nccc(OC)n1)C(C)C. The molecule has 1 aromatic heterocycles. The van der Waals surface area contributed by atoms with Crippen LogP contribution in [0.1, 0.15) is 13.8 Å². The number of nitrogens with one attached hydrogen (secondary N) is 2. The first-order valence-electron chi connectivity index (χ1n) is 5.43. The molecular formula is C11H18N4O2. The van der Waals surface area contributed by atoms with E-state index in [-0.39, 0.29) is 17.9 Å². The average Bonchev–Trinajstić information content (AvgIpc) is 2.35. The smallest absolute Gasteiger partial charge is 0.242 e. The lowest BCUT2D eigenvalue weighted by atomic mass is 10.0. The van der Waals surface area contributed by atoms with Crippen LogP contribution in [0.2, 0.25) is 0 Å². The highest BCUT2D eigenvalue weighted by atomic mass is 16.5. The van der Waals surface area contributed by atoms with Gasteiger partial charge in [-0.1, -0.05) is 13.8 Å². The fourth-order valence-electron chi connectivity index (χ4n) is 1.35. The van der Waals surface area contributed by atoms with Gasteiger partial charge in [-0.25, -0.2) is 4.98 Å². The molecule has 1 atom stereocenters. The predicted molar refractivity (Wildman–Crippen MR) is 64.9 cm³/mol. The lowest BCUT2D eigenvalue weighted by Gasteiger charge is -2.20. The van der Waals surface area contributed by atoms with E-state index in [0.717, 1.165) is 0 Å². The third kappa shape index (κ3) is 3.58. The highest BCUT2D eigenvalue weighted by Crippen LogP contribution is 2.11. The number of amides is 1. The molecule has 1 heterocycles. The van der Waals surface area contributed by atoms with Gasteiger partial charge in [-0.2, -0.15) is 4.98 Å². The van der Waals surface area contributed by atoms with Crippen LogP contribution in [0.5, 0.6) is 5.88 Å². The van der Waals surface area contributed by atoms with E-state index in [9.17, 15) is 4.79 Å². The molecule has 0 saturated heterocycles. The minimum absolute atomic E-state index is 0.0913. The zero-order valence-corrected chi connectivity index (χ0v) is 10.5. The van der Waals surface area contributed by atoms with E-state index in [1.54, 1.807) is 19.3 Å². The van der Waals surface area contributed by atoms with Crippen molar-refractivity contribution in [3.05, 3.63) is 12.3 Å². The topological polar surface area (TPSA) is 76.1 Å². The van der Waals surface area contributed by atoms with Crippen molar-refractivity contribution in [1.82, 2.24) is 15.3 Å². The Bertz CT molecular complexity index is 381. The molecule has 6 heteroatoms. The Morgan fingerprint density at radius 3 is 2.71 bits per heavy atom. The number of hydrogen-bond acceptors (Lipinski definition) is 5. The summed E-state index contributed by atoms with van der Waals surface area (Å²) >= 11 is 0. The second-order valence-corrected chi connectivity index (χ2v) is 3.90. The number of ether oxygens (including phenoxy) is 1. The number of carbonyl (C=O) groups excluding carboxylic acids is 1. The van der Waals surface area contributed by atoms with E-state index in [1.807, 2.05) is 13.8 Å². The van der Waals surface area contributed by atoms with Crippen LogP contribution in [0.3, 0.4) is 0 Å². The Kier molecular flexibility index (Phi) is 4.68. The molecule has 0 bridgehead atoms. The molecule has 1 unspecified atom stereocenters. The number of rotatable bonds is 5. The van der Waals surface area contributed by atoms with Crippen LogP contribution in [-0.4, -0.2) is 36.1 Å². The van der Waals surface area contributed by atoms with Crippen molar-refractivity contribution in [3.8, 4) is 5.88 Å². The summed E-state index contributed by atoms with van der Waals surface area (Å²) in [5, 5.41) is 5.60. The molecule has 17 heavy (non-hydrogen) atoms. The van der Waals surface area contributed by atoms with Crippen LogP contribution in [0.15, 0.2) is 12.3 Å². The third-order valence-corrected chi connectivity index (χ3v) is 2.32. The molecule has 0 radical (unpaired) electrons. The Morgan fingerprint density at radius 2 is 2.18 bits per heavy atom. The number of hydrogen-bond donors (Lipinski definition) is 2. The van der Waals surface area contributed by atoms with Gasteiger partial charge in [-0.05, 0) is 5.92 Å². The first kappa shape index (κ1) is 13.2. The Hall–Kier alpha value is -1.85. The van der Waals surface area contributed by atoms with Gasteiger partial charge in [0.1, 0.15) is 6.04 Å². The first-order chi connectivity index (χ1) is 8.08. The predicted octanol–water partition coefficient (Wildman–Crippen LogP) is 0.668. The highest BCUT2D eigenvalue weighted by Gasteiger charge is 2.21. The van der Waals surface area contributed by atoms with Crippen LogP contribution in [0, 0.1) is 5.92 Å². The number of nitrogens with zero attached hydrogens (tertiary/aromatic N) is 2. The number of anilines is 1. The van der Waals surface area contributed by atoms with Gasteiger partial charge in [0.2, 0.25) is 17.7 Å². The monoisotopic (exact) mass is 238 g/mol. The molecular weight excluding hydrogens is 220 g/mol. The molecule has 94 valence electrons. The molecule has 0 saturated carbocycles. The summed E-state index contributed by atoms with van der Waals surface area (Å²) in [6, 6.07) is 1.28. The number of aromatic nitrogens is 2. The Morgan fingerprint density at radius 1 is 1.47 bits per heavy atom. The summed E-state index contributed by atoms with van der Waals surface area (Å²) in [6.07, 6.45) is 1.58. The molecule has 0 aliphatic rings. The average molecular weight is 238 g/mol. The van der Waals surface area contributed by atoms with E-state index in [2.05, 4.69) is 20.6 Å². The fraction of sp³-hybridized carbons (Fsp3) is 0.545. The quantitative estimate of drug-likeness (QED) is 0.788. The van der Waals surface area contributed by atoms with Gasteiger partial charge in [0.15, 0.2) is 0 Å². The third-order valence-electron chi connectivity index (χ3n) is 2.32. The summed E-state index contributed by atoms with van der Waals surface area (Å²) in [5.74, 6) is 0.879. The number of carbonyl (C=O) groups is 1. The highest BCUT2D eigenvalue weighted by molar-refractivity contribution is 5.84. The van der Waals surface area contributed by atoms with Crippen molar-refractivity contribution in [2.45, 2.75) is 19.9 Å². The van der Waals surface area contributed by atoms with Crippen LogP contribution in [0.4, 0.5) is 5.95 Å². The zero-order chi connectivity index (χ0) is 12.8. The van der Waals surface area contributed by atoms with Crippen molar-refractivity contribution in [1.29, 1.82) is 0 Å². The maximum Gasteiger partial charge on any atom is 0.242 e. The van der Waals surface area contributed by atoms with Crippen LogP contribution >= 0.6 is 0 Å². The molecule has 0 aliphatic heterocycles. The van der Waals surface area contributed by atoms with Crippen LogP contribution < -0.4 is 15.4 Å². The maximum absolute atomic E-state index is 11.7. The molecule has 1 rings (SSSR count). The van der Waals surface area contributed by atoms with Crippen molar-refractivity contribution < 1.29 is 9.53 Å². The van der Waals surface area contributed by atoms with Gasteiger partial charge in [0.25, 0.3) is 0 Å². The van der Waals surface area contributed by atoms with Crippen molar-refractivity contribution in [2.75, 3.05) is 19.5 Å². The first-order valence-corrected chi connectivity index (χ1v) is 5.43. The molecule has 6 nitrogen and oxygen atoms in total. The molecule has 1 aromatic rings. The number of likely N-dealkylation sites (N-methyl/N-ethyl adjacent to an activating group) is 1. The maximum atomic E-state index is 11.7. The summed E-state index contributed by atoms with van der Waals surface area (Å²) in [7, 11) is 3.14.